The minimum Gasteiger partial charge on any atom is -0.434 e. The number of carbonyl (C=O) groups excluding carboxylic acids is 2. The van der Waals surface area contributed by atoms with Gasteiger partial charge in [0.25, 0.3) is 5.91 Å². The van der Waals surface area contributed by atoms with Gasteiger partial charge in [-0.25, -0.2) is 4.79 Å². The molecule has 3 rings (SSSR count). The smallest absolute Gasteiger partial charge is 0.434 e. The van der Waals surface area contributed by atoms with Gasteiger partial charge in [-0.2, -0.15) is 0 Å². The number of rotatable bonds is 6. The van der Waals surface area contributed by atoms with Crippen LogP contribution in [0.1, 0.15) is 62.4 Å². The number of hydrogen-bond acceptors (Lipinski definition) is 6. The molecule has 8 heteroatoms. The van der Waals surface area contributed by atoms with Crippen molar-refractivity contribution in [3.63, 3.8) is 0 Å². The molecule has 2 aliphatic heterocycles. The average Bonchev–Trinajstić information content (AvgIpc) is 2.64. The molecule has 3 heterocycles. The van der Waals surface area contributed by atoms with Gasteiger partial charge in [0.05, 0.1) is 6.61 Å². The largest absolute Gasteiger partial charge is 0.514 e. The quantitative estimate of drug-likeness (QED) is 0.617. The van der Waals surface area contributed by atoms with E-state index in [0.717, 1.165) is 44.9 Å². The van der Waals surface area contributed by atoms with Crippen molar-refractivity contribution in [2.75, 3.05) is 18.6 Å². The molecule has 1 atom stereocenters. The van der Waals surface area contributed by atoms with E-state index in [1.807, 2.05) is 0 Å². The van der Waals surface area contributed by atoms with Crippen LogP contribution in [0.3, 0.4) is 0 Å². The molecule has 1 saturated heterocycles. The number of piperidine rings is 1. The van der Waals surface area contributed by atoms with E-state index in [0.29, 0.717) is 6.54 Å². The van der Waals surface area contributed by atoms with E-state index >= 15 is 0 Å². The van der Waals surface area contributed by atoms with Crippen molar-refractivity contribution in [3.8, 4) is 5.75 Å². The third-order valence-electron chi connectivity index (χ3n) is 4.71. The zero-order valence-electron chi connectivity index (χ0n) is 15.0. The van der Waals surface area contributed by atoms with Gasteiger partial charge in [0.1, 0.15) is 6.17 Å². The molecule has 0 aliphatic carbocycles. The van der Waals surface area contributed by atoms with Gasteiger partial charge in [-0.05, 0) is 25.7 Å². The molecular weight excluding hydrogens is 338 g/mol. The second-order valence-corrected chi connectivity index (χ2v) is 6.63. The number of fused-ring (bicyclic) bond motifs is 2. The summed E-state index contributed by atoms with van der Waals surface area (Å²) in [6.45, 7) is 2.94. The predicted molar refractivity (Wildman–Crippen MR) is 94.9 cm³/mol. The summed E-state index contributed by atoms with van der Waals surface area (Å²) in [6.07, 6.45) is 7.08. The highest BCUT2D eigenvalue weighted by Crippen LogP contribution is 2.26. The highest BCUT2D eigenvalue weighted by Gasteiger charge is 2.36. The van der Waals surface area contributed by atoms with Crippen LogP contribution < -0.4 is 15.6 Å². The van der Waals surface area contributed by atoms with Crippen LogP contribution in [0.25, 0.3) is 0 Å². The van der Waals surface area contributed by atoms with E-state index in [9.17, 15) is 14.4 Å². The summed E-state index contributed by atoms with van der Waals surface area (Å²) in [5.74, 6) is -0.593. The second-order valence-electron chi connectivity index (χ2n) is 6.63. The maximum atomic E-state index is 12.8. The fourth-order valence-electron chi connectivity index (χ4n) is 3.33. The molecule has 1 amide bonds. The molecule has 1 N–H and O–H groups in total. The third-order valence-corrected chi connectivity index (χ3v) is 4.71. The standard InChI is InChI=1S/C18H25N3O5/c1-2-3-4-7-12-25-18(24)26-16-13(22)9-11-21-15(16)17(23)20-10-6-5-8-14(20)19-21/h9,11,14,19H,2-8,10,12H2,1H3/t14-/m0/s1. The van der Waals surface area contributed by atoms with Gasteiger partial charge in [-0.1, -0.05) is 26.2 Å². The Morgan fingerprint density at radius 1 is 1.27 bits per heavy atom. The second kappa shape index (κ2) is 8.25. The summed E-state index contributed by atoms with van der Waals surface area (Å²) < 4.78 is 11.6. The van der Waals surface area contributed by atoms with E-state index in [4.69, 9.17) is 9.47 Å². The number of unbranched alkanes of at least 4 members (excludes halogenated alkanes) is 3. The van der Waals surface area contributed by atoms with Crippen LogP contribution >= 0.6 is 0 Å². The van der Waals surface area contributed by atoms with Gasteiger partial charge in [0, 0.05) is 18.8 Å². The zero-order chi connectivity index (χ0) is 18.5. The highest BCUT2D eigenvalue weighted by atomic mass is 16.7. The molecule has 0 bridgehead atoms. The first kappa shape index (κ1) is 18.3. The van der Waals surface area contributed by atoms with Gasteiger partial charge in [0.15, 0.2) is 5.69 Å². The molecule has 0 spiro atoms. The predicted octanol–water partition coefficient (Wildman–Crippen LogP) is 2.45. The highest BCUT2D eigenvalue weighted by molar-refractivity contribution is 5.97. The van der Waals surface area contributed by atoms with Gasteiger partial charge in [-0.15, -0.1) is 0 Å². The third kappa shape index (κ3) is 3.84. The fourth-order valence-corrected chi connectivity index (χ4v) is 3.33. The number of nitrogens with zero attached hydrogens (tertiary/aromatic N) is 2. The molecule has 0 radical (unpaired) electrons. The Hall–Kier alpha value is -2.51. The molecule has 142 valence electrons. The minimum absolute atomic E-state index is 0.0404. The monoisotopic (exact) mass is 363 g/mol. The molecule has 1 aromatic rings. The molecule has 8 nitrogen and oxygen atoms in total. The van der Waals surface area contributed by atoms with Gasteiger partial charge in [0.2, 0.25) is 11.2 Å². The average molecular weight is 363 g/mol. The number of carbonyl (C=O) groups is 2. The summed E-state index contributed by atoms with van der Waals surface area (Å²) in [5, 5.41) is 0. The molecule has 0 saturated carbocycles. The molecule has 1 aromatic heterocycles. The maximum absolute atomic E-state index is 12.8. The van der Waals surface area contributed by atoms with Crippen molar-refractivity contribution in [3.05, 3.63) is 28.2 Å². The van der Waals surface area contributed by atoms with E-state index in [-0.39, 0.29) is 30.1 Å². The van der Waals surface area contributed by atoms with E-state index in [1.165, 1.54) is 16.9 Å². The van der Waals surface area contributed by atoms with Crippen LogP contribution in [0.5, 0.6) is 5.75 Å². The Morgan fingerprint density at radius 2 is 2.12 bits per heavy atom. The Morgan fingerprint density at radius 3 is 2.92 bits per heavy atom. The Labute approximate surface area is 152 Å². The van der Waals surface area contributed by atoms with Gasteiger partial charge >= 0.3 is 6.16 Å². The lowest BCUT2D eigenvalue weighted by atomic mass is 10.1. The summed E-state index contributed by atoms with van der Waals surface area (Å²) in [7, 11) is 0. The number of nitrogens with one attached hydrogen (secondary N) is 1. The lowest BCUT2D eigenvalue weighted by Crippen LogP contribution is -2.56. The molecule has 1 fully saturated rings. The lowest BCUT2D eigenvalue weighted by molar-refractivity contribution is 0.0564. The Kier molecular flexibility index (Phi) is 5.80. The van der Waals surface area contributed by atoms with Crippen molar-refractivity contribution >= 4 is 12.1 Å². The SMILES string of the molecule is CCCCCCOC(=O)Oc1c2n(ccc1=O)N[C@@H]1CCCCN1C2=O. The molecule has 2 aliphatic rings. The van der Waals surface area contributed by atoms with Crippen LogP contribution in [-0.2, 0) is 4.74 Å². The van der Waals surface area contributed by atoms with Gasteiger partial charge < -0.3 is 19.8 Å². The molecule has 0 aromatic carbocycles. The first-order valence-electron chi connectivity index (χ1n) is 9.29. The van der Waals surface area contributed by atoms with Crippen molar-refractivity contribution in [2.24, 2.45) is 0 Å². The van der Waals surface area contributed by atoms with Crippen molar-refractivity contribution < 1.29 is 19.1 Å². The fraction of sp³-hybridized carbons (Fsp3) is 0.611. The molecule has 0 unspecified atom stereocenters. The number of hydrogen-bond donors (Lipinski definition) is 1. The Balaban J connectivity index is 1.73. The first-order chi connectivity index (χ1) is 12.6. The van der Waals surface area contributed by atoms with E-state index < -0.39 is 11.6 Å². The van der Waals surface area contributed by atoms with Gasteiger partial charge in [-0.3, -0.25) is 14.3 Å². The van der Waals surface area contributed by atoms with E-state index in [2.05, 4.69) is 12.3 Å². The van der Waals surface area contributed by atoms with E-state index in [1.54, 1.807) is 4.90 Å². The van der Waals surface area contributed by atoms with Crippen molar-refractivity contribution in [1.29, 1.82) is 0 Å². The summed E-state index contributed by atoms with van der Waals surface area (Å²) in [6, 6.07) is 1.27. The van der Waals surface area contributed by atoms with Crippen LogP contribution in [0, 0.1) is 0 Å². The maximum Gasteiger partial charge on any atom is 0.514 e. The van der Waals surface area contributed by atoms with Crippen LogP contribution in [0.15, 0.2) is 17.1 Å². The van der Waals surface area contributed by atoms with Crippen LogP contribution in [-0.4, -0.2) is 41.0 Å². The number of amides is 1. The topological polar surface area (TPSA) is 89.9 Å². The van der Waals surface area contributed by atoms with Crippen molar-refractivity contribution in [2.45, 2.75) is 58.0 Å². The van der Waals surface area contributed by atoms with Crippen LogP contribution in [0.4, 0.5) is 4.79 Å². The van der Waals surface area contributed by atoms with Crippen molar-refractivity contribution in [1.82, 2.24) is 9.58 Å². The number of pyridine rings is 1. The normalized spacial score (nSPS) is 18.6. The lowest BCUT2D eigenvalue weighted by Gasteiger charge is -2.41. The first-order valence-corrected chi connectivity index (χ1v) is 9.29. The zero-order valence-corrected chi connectivity index (χ0v) is 15.0. The number of ether oxygens (including phenoxy) is 2. The van der Waals surface area contributed by atoms with Crippen LogP contribution in [0.2, 0.25) is 0 Å². The number of aromatic nitrogens is 1. The molecular formula is C18H25N3O5. The molecule has 26 heavy (non-hydrogen) atoms. The minimum atomic E-state index is -0.957. The Bertz CT molecular complexity index is 730. The summed E-state index contributed by atoms with van der Waals surface area (Å²) >= 11 is 0. The summed E-state index contributed by atoms with van der Waals surface area (Å²) in [4.78, 5) is 38.7. The summed E-state index contributed by atoms with van der Waals surface area (Å²) in [5.41, 5.74) is 2.70.